The predicted molar refractivity (Wildman–Crippen MR) is 79.4 cm³/mol. The third-order valence-corrected chi connectivity index (χ3v) is 4.57. The van der Waals surface area contributed by atoms with Crippen LogP contribution in [0, 0.1) is 5.92 Å². The van der Waals surface area contributed by atoms with Gasteiger partial charge in [-0.3, -0.25) is 4.79 Å². The minimum atomic E-state index is -0.0933. The molecule has 5 nitrogen and oxygen atoms in total. The van der Waals surface area contributed by atoms with Gasteiger partial charge in [-0.25, -0.2) is 0 Å². The number of carbonyl (C=O) groups excluding carboxylic acids is 1. The van der Waals surface area contributed by atoms with Crippen molar-refractivity contribution in [3.05, 3.63) is 0 Å². The van der Waals surface area contributed by atoms with Gasteiger partial charge in [0.2, 0.25) is 0 Å². The van der Waals surface area contributed by atoms with Crippen LogP contribution in [-0.4, -0.2) is 56.2 Å². The number of esters is 1. The normalized spacial score (nSPS) is 28.7. The number of rotatable bonds is 6. The van der Waals surface area contributed by atoms with Gasteiger partial charge in [0.15, 0.2) is 0 Å². The van der Waals surface area contributed by atoms with Gasteiger partial charge in [0.05, 0.1) is 7.11 Å². The van der Waals surface area contributed by atoms with Crippen molar-refractivity contribution in [2.75, 3.05) is 33.3 Å². The van der Waals surface area contributed by atoms with E-state index in [1.165, 1.54) is 32.8 Å². The Morgan fingerprint density at radius 3 is 2.70 bits per heavy atom. The van der Waals surface area contributed by atoms with E-state index in [0.29, 0.717) is 31.0 Å². The second kappa shape index (κ2) is 7.96. The van der Waals surface area contributed by atoms with Crippen molar-refractivity contribution in [1.29, 1.82) is 0 Å². The topological polar surface area (TPSA) is 67.6 Å². The van der Waals surface area contributed by atoms with Crippen LogP contribution in [-0.2, 0) is 9.53 Å². The summed E-state index contributed by atoms with van der Waals surface area (Å²) >= 11 is 0. The molecular formula is C15H29N3O2. The van der Waals surface area contributed by atoms with Crippen LogP contribution in [0.2, 0.25) is 0 Å². The Bertz CT molecular complexity index is 305. The van der Waals surface area contributed by atoms with Gasteiger partial charge in [0.25, 0.3) is 0 Å². The summed E-state index contributed by atoms with van der Waals surface area (Å²) in [5.74, 6) is 0.297. The van der Waals surface area contributed by atoms with Crippen molar-refractivity contribution < 1.29 is 9.53 Å². The third-order valence-electron chi connectivity index (χ3n) is 4.57. The monoisotopic (exact) mass is 283 g/mol. The largest absolute Gasteiger partial charge is 0.469 e. The molecule has 5 heteroatoms. The zero-order valence-corrected chi connectivity index (χ0v) is 12.6. The van der Waals surface area contributed by atoms with Gasteiger partial charge in [-0.05, 0) is 25.2 Å². The van der Waals surface area contributed by atoms with Crippen LogP contribution in [0.25, 0.3) is 0 Å². The fraction of sp³-hybridized carbons (Fsp3) is 0.933. The average molecular weight is 283 g/mol. The molecule has 0 aromatic rings. The number of nitrogens with one attached hydrogen (secondary N) is 1. The van der Waals surface area contributed by atoms with Gasteiger partial charge >= 0.3 is 5.97 Å². The highest BCUT2D eigenvalue weighted by Crippen LogP contribution is 2.24. The first kappa shape index (κ1) is 15.7. The predicted octanol–water partition coefficient (Wildman–Crippen LogP) is 0.731. The molecule has 2 fully saturated rings. The van der Waals surface area contributed by atoms with Crippen molar-refractivity contribution in [1.82, 2.24) is 10.2 Å². The number of ether oxygens (including phenoxy) is 1. The highest BCUT2D eigenvalue weighted by atomic mass is 16.5. The Labute approximate surface area is 122 Å². The van der Waals surface area contributed by atoms with E-state index in [2.05, 4.69) is 10.2 Å². The molecule has 0 radical (unpaired) electrons. The molecule has 1 aliphatic heterocycles. The first-order chi connectivity index (χ1) is 9.71. The molecule has 3 N–H and O–H groups in total. The molecule has 0 spiro atoms. The lowest BCUT2D eigenvalue weighted by Crippen LogP contribution is -2.52. The van der Waals surface area contributed by atoms with E-state index in [1.807, 2.05) is 0 Å². The fourth-order valence-electron chi connectivity index (χ4n) is 3.68. The minimum absolute atomic E-state index is 0.0933. The molecule has 2 atom stereocenters. The molecule has 116 valence electrons. The van der Waals surface area contributed by atoms with E-state index in [-0.39, 0.29) is 5.97 Å². The highest BCUT2D eigenvalue weighted by Gasteiger charge is 2.30. The Kier molecular flexibility index (Phi) is 6.26. The Hall–Kier alpha value is -0.650. The number of methoxy groups -OCH3 is 1. The number of piperidine rings is 1. The van der Waals surface area contributed by atoms with E-state index in [4.69, 9.17) is 10.5 Å². The summed E-state index contributed by atoms with van der Waals surface area (Å²) in [6, 6.07) is 1.17. The summed E-state index contributed by atoms with van der Waals surface area (Å²) in [5.41, 5.74) is 5.69. The second-order valence-corrected chi connectivity index (χ2v) is 6.28. The quantitative estimate of drug-likeness (QED) is 0.704. The standard InChI is InChI=1S/C15H29N3O2/c1-20-15(19)9-12-8-14(11-18(10-12)7-6-16)17-13-4-2-3-5-13/h12-14,17H,2-11,16H2,1H3. The van der Waals surface area contributed by atoms with Crippen molar-refractivity contribution in [3.8, 4) is 0 Å². The van der Waals surface area contributed by atoms with Crippen LogP contribution < -0.4 is 11.1 Å². The lowest BCUT2D eigenvalue weighted by Gasteiger charge is -2.39. The molecule has 1 heterocycles. The van der Waals surface area contributed by atoms with Crippen molar-refractivity contribution in [3.63, 3.8) is 0 Å². The van der Waals surface area contributed by atoms with E-state index in [0.717, 1.165) is 26.1 Å². The van der Waals surface area contributed by atoms with E-state index >= 15 is 0 Å². The SMILES string of the molecule is COC(=O)CC1CC(NC2CCCC2)CN(CCN)C1. The molecule has 1 saturated heterocycles. The third kappa shape index (κ3) is 4.72. The molecule has 1 aliphatic carbocycles. The van der Waals surface area contributed by atoms with Gasteiger partial charge in [-0.1, -0.05) is 12.8 Å². The van der Waals surface area contributed by atoms with Crippen LogP contribution in [0.1, 0.15) is 38.5 Å². The maximum absolute atomic E-state index is 11.5. The molecule has 20 heavy (non-hydrogen) atoms. The number of hydrogen-bond donors (Lipinski definition) is 2. The average Bonchev–Trinajstić information content (AvgIpc) is 2.91. The van der Waals surface area contributed by atoms with Crippen LogP contribution in [0.5, 0.6) is 0 Å². The molecule has 0 bridgehead atoms. The maximum Gasteiger partial charge on any atom is 0.305 e. The van der Waals surface area contributed by atoms with Gasteiger partial charge in [-0.15, -0.1) is 0 Å². The highest BCUT2D eigenvalue weighted by molar-refractivity contribution is 5.69. The summed E-state index contributed by atoms with van der Waals surface area (Å²) in [6.45, 7) is 3.63. The Morgan fingerprint density at radius 2 is 2.05 bits per heavy atom. The fourth-order valence-corrected chi connectivity index (χ4v) is 3.68. The lowest BCUT2D eigenvalue weighted by molar-refractivity contribution is -0.142. The number of likely N-dealkylation sites (tertiary alicyclic amines) is 1. The van der Waals surface area contributed by atoms with Crippen LogP contribution in [0.4, 0.5) is 0 Å². The van der Waals surface area contributed by atoms with Crippen LogP contribution in [0.15, 0.2) is 0 Å². The van der Waals surface area contributed by atoms with Gasteiger partial charge in [0.1, 0.15) is 0 Å². The summed E-state index contributed by atoms with van der Waals surface area (Å²) < 4.78 is 4.81. The molecule has 1 saturated carbocycles. The van der Waals surface area contributed by atoms with Crippen molar-refractivity contribution in [2.45, 2.75) is 50.6 Å². The zero-order valence-electron chi connectivity index (χ0n) is 12.6. The number of nitrogens with zero attached hydrogens (tertiary/aromatic N) is 1. The summed E-state index contributed by atoms with van der Waals surface area (Å²) in [5, 5.41) is 3.79. The molecular weight excluding hydrogens is 254 g/mol. The Morgan fingerprint density at radius 1 is 1.30 bits per heavy atom. The van der Waals surface area contributed by atoms with Gasteiger partial charge in [0, 0.05) is 44.7 Å². The summed E-state index contributed by atoms with van der Waals surface area (Å²) in [7, 11) is 1.47. The van der Waals surface area contributed by atoms with Crippen molar-refractivity contribution >= 4 is 5.97 Å². The second-order valence-electron chi connectivity index (χ2n) is 6.28. The molecule has 0 amide bonds. The van der Waals surface area contributed by atoms with E-state index in [9.17, 15) is 4.79 Å². The molecule has 0 aromatic heterocycles. The van der Waals surface area contributed by atoms with Crippen molar-refractivity contribution in [2.24, 2.45) is 11.7 Å². The van der Waals surface area contributed by atoms with E-state index < -0.39 is 0 Å². The lowest BCUT2D eigenvalue weighted by atomic mass is 9.91. The minimum Gasteiger partial charge on any atom is -0.469 e. The summed E-state index contributed by atoms with van der Waals surface area (Å²) in [4.78, 5) is 13.9. The van der Waals surface area contributed by atoms with Crippen LogP contribution >= 0.6 is 0 Å². The van der Waals surface area contributed by atoms with E-state index in [1.54, 1.807) is 0 Å². The first-order valence-electron chi connectivity index (χ1n) is 7.96. The number of nitrogens with two attached hydrogens (primary N) is 1. The molecule has 2 rings (SSSR count). The Balaban J connectivity index is 1.87. The molecule has 0 aromatic carbocycles. The first-order valence-corrected chi connectivity index (χ1v) is 7.96. The number of carbonyl (C=O) groups is 1. The molecule has 2 unspecified atom stereocenters. The molecule has 2 aliphatic rings. The smallest absolute Gasteiger partial charge is 0.305 e. The van der Waals surface area contributed by atoms with Gasteiger partial charge in [-0.2, -0.15) is 0 Å². The number of hydrogen-bond acceptors (Lipinski definition) is 5. The van der Waals surface area contributed by atoms with Gasteiger partial charge < -0.3 is 20.7 Å². The maximum atomic E-state index is 11.5. The zero-order chi connectivity index (χ0) is 14.4. The summed E-state index contributed by atoms with van der Waals surface area (Å²) in [6.07, 6.45) is 6.90. The van der Waals surface area contributed by atoms with Crippen LogP contribution in [0.3, 0.4) is 0 Å².